The molecule has 2 N–H and O–H groups in total. The quantitative estimate of drug-likeness (QED) is 0.879. The van der Waals surface area contributed by atoms with Gasteiger partial charge in [0, 0.05) is 12.1 Å². The SMILES string of the molecule is CC(C)C(N)CCN(C)C1CCCc2ccccc21. The summed E-state index contributed by atoms with van der Waals surface area (Å²) >= 11 is 0. The lowest BCUT2D eigenvalue weighted by Crippen LogP contribution is -2.34. The van der Waals surface area contributed by atoms with Crippen LogP contribution in [0, 0.1) is 5.92 Å². The zero-order chi connectivity index (χ0) is 13.8. The van der Waals surface area contributed by atoms with Crippen LogP contribution >= 0.6 is 0 Å². The molecular weight excluding hydrogens is 232 g/mol. The molecule has 0 saturated carbocycles. The Morgan fingerprint density at radius 1 is 1.32 bits per heavy atom. The van der Waals surface area contributed by atoms with Gasteiger partial charge in [0.15, 0.2) is 0 Å². The lowest BCUT2D eigenvalue weighted by atomic mass is 9.87. The molecule has 0 radical (unpaired) electrons. The Hall–Kier alpha value is -0.860. The summed E-state index contributed by atoms with van der Waals surface area (Å²) in [4.78, 5) is 2.50. The fourth-order valence-corrected chi connectivity index (χ4v) is 3.03. The number of aryl methyl sites for hydroxylation is 1. The maximum absolute atomic E-state index is 6.16. The van der Waals surface area contributed by atoms with Gasteiger partial charge < -0.3 is 5.73 Å². The minimum absolute atomic E-state index is 0.321. The number of benzene rings is 1. The first-order valence-electron chi connectivity index (χ1n) is 7.63. The highest BCUT2D eigenvalue weighted by Gasteiger charge is 2.23. The lowest BCUT2D eigenvalue weighted by molar-refractivity contribution is 0.209. The van der Waals surface area contributed by atoms with E-state index in [-0.39, 0.29) is 0 Å². The minimum atomic E-state index is 0.321. The molecule has 1 aromatic rings. The first-order valence-corrected chi connectivity index (χ1v) is 7.63. The van der Waals surface area contributed by atoms with Gasteiger partial charge in [0.1, 0.15) is 0 Å². The van der Waals surface area contributed by atoms with Crippen molar-refractivity contribution in [3.63, 3.8) is 0 Å². The van der Waals surface area contributed by atoms with Gasteiger partial charge in [0.2, 0.25) is 0 Å². The third-order valence-electron chi connectivity index (χ3n) is 4.54. The average Bonchev–Trinajstić information content (AvgIpc) is 2.43. The van der Waals surface area contributed by atoms with Gasteiger partial charge in [-0.2, -0.15) is 0 Å². The molecule has 0 fully saturated rings. The van der Waals surface area contributed by atoms with Gasteiger partial charge in [0.05, 0.1) is 0 Å². The van der Waals surface area contributed by atoms with E-state index in [1.807, 2.05) is 0 Å². The van der Waals surface area contributed by atoms with Crippen molar-refractivity contribution in [2.45, 2.75) is 51.6 Å². The maximum atomic E-state index is 6.16. The molecule has 0 aromatic heterocycles. The number of hydrogen-bond donors (Lipinski definition) is 1. The Morgan fingerprint density at radius 3 is 2.79 bits per heavy atom. The first kappa shape index (κ1) is 14.5. The first-order chi connectivity index (χ1) is 9.09. The largest absolute Gasteiger partial charge is 0.327 e. The van der Waals surface area contributed by atoms with E-state index in [1.54, 1.807) is 5.56 Å². The molecule has 2 atom stereocenters. The number of hydrogen-bond acceptors (Lipinski definition) is 2. The number of nitrogens with zero attached hydrogens (tertiary/aromatic N) is 1. The predicted octanol–water partition coefficient (Wildman–Crippen LogP) is 3.37. The van der Waals surface area contributed by atoms with Crippen LogP contribution in [-0.2, 0) is 6.42 Å². The Morgan fingerprint density at radius 2 is 2.05 bits per heavy atom. The molecule has 2 rings (SSSR count). The van der Waals surface area contributed by atoms with Crippen molar-refractivity contribution in [2.24, 2.45) is 11.7 Å². The highest BCUT2D eigenvalue weighted by molar-refractivity contribution is 5.32. The van der Waals surface area contributed by atoms with Gasteiger partial charge in [-0.15, -0.1) is 0 Å². The Balaban J connectivity index is 1.99. The van der Waals surface area contributed by atoms with E-state index in [1.165, 1.54) is 24.8 Å². The second kappa shape index (κ2) is 6.53. The van der Waals surface area contributed by atoms with E-state index in [0.29, 0.717) is 18.0 Å². The molecule has 19 heavy (non-hydrogen) atoms. The van der Waals surface area contributed by atoms with Crippen LogP contribution in [0.15, 0.2) is 24.3 Å². The normalized spacial score (nSPS) is 20.6. The van der Waals surface area contributed by atoms with Gasteiger partial charge >= 0.3 is 0 Å². The molecular formula is C17H28N2. The van der Waals surface area contributed by atoms with Crippen molar-refractivity contribution in [2.75, 3.05) is 13.6 Å². The fourth-order valence-electron chi connectivity index (χ4n) is 3.03. The van der Waals surface area contributed by atoms with Crippen LogP contribution in [0.1, 0.15) is 50.3 Å². The molecule has 2 nitrogen and oxygen atoms in total. The maximum Gasteiger partial charge on any atom is 0.0347 e. The van der Waals surface area contributed by atoms with Gasteiger partial charge in [0.25, 0.3) is 0 Å². The van der Waals surface area contributed by atoms with Crippen molar-refractivity contribution in [1.82, 2.24) is 4.90 Å². The van der Waals surface area contributed by atoms with Crippen LogP contribution in [0.25, 0.3) is 0 Å². The van der Waals surface area contributed by atoms with E-state index >= 15 is 0 Å². The molecule has 1 aliphatic carbocycles. The molecule has 2 heteroatoms. The highest BCUT2D eigenvalue weighted by atomic mass is 15.1. The van der Waals surface area contributed by atoms with Crippen molar-refractivity contribution in [3.05, 3.63) is 35.4 Å². The topological polar surface area (TPSA) is 29.3 Å². The molecule has 0 saturated heterocycles. The van der Waals surface area contributed by atoms with Gasteiger partial charge in [-0.3, -0.25) is 4.90 Å². The van der Waals surface area contributed by atoms with Crippen LogP contribution in [0.4, 0.5) is 0 Å². The monoisotopic (exact) mass is 260 g/mol. The van der Waals surface area contributed by atoms with Crippen molar-refractivity contribution >= 4 is 0 Å². The summed E-state index contributed by atoms with van der Waals surface area (Å²) in [5, 5.41) is 0. The highest BCUT2D eigenvalue weighted by Crippen LogP contribution is 2.33. The Labute approximate surface area is 118 Å². The average molecular weight is 260 g/mol. The zero-order valence-corrected chi connectivity index (χ0v) is 12.6. The Kier molecular flexibility index (Phi) is 5.00. The van der Waals surface area contributed by atoms with E-state index in [0.717, 1.165) is 13.0 Å². The van der Waals surface area contributed by atoms with Gasteiger partial charge in [-0.05, 0) is 56.3 Å². The second-order valence-electron chi connectivity index (χ2n) is 6.28. The summed E-state index contributed by atoms with van der Waals surface area (Å²) in [6, 6.07) is 9.83. The Bertz CT molecular complexity index is 400. The van der Waals surface area contributed by atoms with Crippen LogP contribution in [0.5, 0.6) is 0 Å². The van der Waals surface area contributed by atoms with E-state index in [2.05, 4.69) is 50.1 Å². The van der Waals surface area contributed by atoms with Crippen LogP contribution in [0.3, 0.4) is 0 Å². The second-order valence-corrected chi connectivity index (χ2v) is 6.28. The molecule has 0 bridgehead atoms. The molecule has 0 aliphatic heterocycles. The summed E-state index contributed by atoms with van der Waals surface area (Å²) in [6.07, 6.45) is 4.92. The van der Waals surface area contributed by atoms with Crippen molar-refractivity contribution in [1.29, 1.82) is 0 Å². The van der Waals surface area contributed by atoms with Crippen molar-refractivity contribution < 1.29 is 0 Å². The molecule has 0 spiro atoms. The smallest absolute Gasteiger partial charge is 0.0347 e. The third-order valence-corrected chi connectivity index (χ3v) is 4.54. The number of nitrogens with two attached hydrogens (primary N) is 1. The molecule has 1 aromatic carbocycles. The van der Waals surface area contributed by atoms with Crippen LogP contribution < -0.4 is 5.73 Å². The molecule has 0 heterocycles. The molecule has 106 valence electrons. The van der Waals surface area contributed by atoms with E-state index < -0.39 is 0 Å². The lowest BCUT2D eigenvalue weighted by Gasteiger charge is -2.34. The van der Waals surface area contributed by atoms with Gasteiger partial charge in [-0.1, -0.05) is 38.1 Å². The number of rotatable bonds is 5. The summed E-state index contributed by atoms with van der Waals surface area (Å²) < 4.78 is 0. The van der Waals surface area contributed by atoms with E-state index in [9.17, 15) is 0 Å². The van der Waals surface area contributed by atoms with Crippen LogP contribution in [0.2, 0.25) is 0 Å². The summed E-state index contributed by atoms with van der Waals surface area (Å²) in [6.45, 7) is 5.51. The van der Waals surface area contributed by atoms with E-state index in [4.69, 9.17) is 5.73 Å². The standard InChI is InChI=1S/C17H28N2/c1-13(2)16(18)11-12-19(3)17-10-6-8-14-7-4-5-9-15(14)17/h4-5,7,9,13,16-17H,6,8,10-12,18H2,1-3H3. The molecule has 1 aliphatic rings. The number of fused-ring (bicyclic) bond motifs is 1. The third kappa shape index (κ3) is 3.58. The van der Waals surface area contributed by atoms with Gasteiger partial charge in [-0.25, -0.2) is 0 Å². The predicted molar refractivity (Wildman–Crippen MR) is 82.2 cm³/mol. The summed E-state index contributed by atoms with van der Waals surface area (Å²) in [5.74, 6) is 0.576. The van der Waals surface area contributed by atoms with Crippen molar-refractivity contribution in [3.8, 4) is 0 Å². The zero-order valence-electron chi connectivity index (χ0n) is 12.6. The summed E-state index contributed by atoms with van der Waals surface area (Å²) in [7, 11) is 2.25. The minimum Gasteiger partial charge on any atom is -0.327 e. The summed E-state index contributed by atoms with van der Waals surface area (Å²) in [5.41, 5.74) is 9.24. The van der Waals surface area contributed by atoms with Crippen LogP contribution in [-0.4, -0.2) is 24.5 Å². The molecule has 2 unspecified atom stereocenters. The molecule has 0 amide bonds. The fraction of sp³-hybridized carbons (Fsp3) is 0.647.